The number of nitrogens with zero attached hydrogens (tertiary/aromatic N) is 3. The average molecular weight is 281 g/mol. The van der Waals surface area contributed by atoms with Gasteiger partial charge in [-0.15, -0.1) is 0 Å². The van der Waals surface area contributed by atoms with E-state index in [4.69, 9.17) is 5.11 Å². The van der Waals surface area contributed by atoms with Crippen LogP contribution in [0.5, 0.6) is 0 Å². The van der Waals surface area contributed by atoms with Gasteiger partial charge in [0.05, 0.1) is 5.92 Å². The summed E-state index contributed by atoms with van der Waals surface area (Å²) < 4.78 is 0. The van der Waals surface area contributed by atoms with Crippen LogP contribution in [-0.4, -0.2) is 58.1 Å². The maximum Gasteiger partial charge on any atom is 0.306 e. The van der Waals surface area contributed by atoms with Crippen molar-refractivity contribution in [3.63, 3.8) is 0 Å². The second-order valence-corrected chi connectivity index (χ2v) is 5.37. The number of hydrogen-bond acceptors (Lipinski definition) is 4. The predicted molar refractivity (Wildman–Crippen MR) is 71.0 cm³/mol. The molecule has 1 fully saturated rings. The van der Waals surface area contributed by atoms with E-state index in [1.807, 2.05) is 6.92 Å². The number of carbonyl (C=O) groups is 3. The monoisotopic (exact) mass is 281 g/mol. The van der Waals surface area contributed by atoms with Crippen molar-refractivity contribution in [2.45, 2.75) is 38.6 Å². The lowest BCUT2D eigenvalue weighted by Gasteiger charge is -2.37. The molecule has 7 heteroatoms. The molecule has 2 rings (SSSR count). The summed E-state index contributed by atoms with van der Waals surface area (Å²) in [5.74, 6) is -1.46. The largest absolute Gasteiger partial charge is 0.481 e. The second kappa shape index (κ2) is 5.60. The number of likely N-dealkylation sites (tertiary alicyclic amines) is 1. The van der Waals surface area contributed by atoms with Crippen LogP contribution in [0.25, 0.3) is 0 Å². The zero-order valence-corrected chi connectivity index (χ0v) is 11.7. The van der Waals surface area contributed by atoms with E-state index >= 15 is 0 Å². The summed E-state index contributed by atoms with van der Waals surface area (Å²) in [5.41, 5.74) is 0.382. The van der Waals surface area contributed by atoms with Crippen LogP contribution in [0.4, 0.5) is 0 Å². The summed E-state index contributed by atoms with van der Waals surface area (Å²) in [6.07, 6.45) is 1.57. The fraction of sp³-hybridized carbons (Fsp3) is 0.692. The smallest absolute Gasteiger partial charge is 0.306 e. The lowest BCUT2D eigenvalue weighted by molar-refractivity contribution is -0.146. The summed E-state index contributed by atoms with van der Waals surface area (Å²) in [7, 11) is 1.54. The molecule has 0 aliphatic carbocycles. The summed E-state index contributed by atoms with van der Waals surface area (Å²) >= 11 is 0. The molecular formula is C13H19N3O4. The van der Waals surface area contributed by atoms with Crippen molar-refractivity contribution >= 4 is 23.5 Å². The van der Waals surface area contributed by atoms with E-state index in [0.717, 1.165) is 0 Å². The molecule has 7 nitrogen and oxygen atoms in total. The molecule has 0 saturated carbocycles. The van der Waals surface area contributed by atoms with Crippen LogP contribution in [0.15, 0.2) is 5.10 Å². The third-order valence-electron chi connectivity index (χ3n) is 3.94. The SMILES string of the molecule is CC1CC(C(=O)O)CCN1C(=O)C1=NN(C)C(=O)CC1. The Labute approximate surface area is 117 Å². The zero-order chi connectivity index (χ0) is 14.9. The van der Waals surface area contributed by atoms with Crippen LogP contribution in [-0.2, 0) is 14.4 Å². The first-order valence-electron chi connectivity index (χ1n) is 6.78. The first-order valence-corrected chi connectivity index (χ1v) is 6.78. The number of amides is 2. The van der Waals surface area contributed by atoms with E-state index < -0.39 is 5.97 Å². The minimum absolute atomic E-state index is 0.0980. The number of carboxylic acid groups (broad SMARTS) is 1. The van der Waals surface area contributed by atoms with Crippen LogP contribution in [0.1, 0.15) is 32.6 Å². The van der Waals surface area contributed by atoms with Crippen molar-refractivity contribution in [3.8, 4) is 0 Å². The molecule has 2 heterocycles. The average Bonchev–Trinajstić information content (AvgIpc) is 2.41. The van der Waals surface area contributed by atoms with Crippen LogP contribution < -0.4 is 0 Å². The number of hydrazone groups is 1. The Kier molecular flexibility index (Phi) is 4.06. The predicted octanol–water partition coefficient (Wildman–Crippen LogP) is 0.306. The standard InChI is InChI=1S/C13H19N3O4/c1-8-7-9(13(19)20)5-6-16(8)12(18)10-3-4-11(17)15(2)14-10/h8-9H,3-7H2,1-2H3,(H,19,20). The summed E-state index contributed by atoms with van der Waals surface area (Å²) in [6.45, 7) is 2.28. The van der Waals surface area contributed by atoms with Crippen molar-refractivity contribution in [3.05, 3.63) is 0 Å². The second-order valence-electron chi connectivity index (χ2n) is 5.37. The van der Waals surface area contributed by atoms with Crippen molar-refractivity contribution in [1.29, 1.82) is 0 Å². The van der Waals surface area contributed by atoms with E-state index in [-0.39, 0.29) is 23.8 Å². The molecule has 0 aromatic heterocycles. The van der Waals surface area contributed by atoms with Gasteiger partial charge in [-0.1, -0.05) is 0 Å². The molecular weight excluding hydrogens is 262 g/mol. The Balaban J connectivity index is 2.05. The fourth-order valence-electron chi connectivity index (χ4n) is 2.69. The Hall–Kier alpha value is -1.92. The Morgan fingerprint density at radius 1 is 1.35 bits per heavy atom. The van der Waals surface area contributed by atoms with E-state index in [0.29, 0.717) is 37.9 Å². The molecule has 1 N–H and O–H groups in total. The van der Waals surface area contributed by atoms with Crippen LogP contribution in [0.3, 0.4) is 0 Å². The Bertz CT molecular complexity index is 474. The number of aliphatic carboxylic acids is 1. The van der Waals surface area contributed by atoms with Gasteiger partial charge in [-0.25, -0.2) is 5.01 Å². The molecule has 0 bridgehead atoms. The highest BCUT2D eigenvalue weighted by molar-refractivity contribution is 6.39. The molecule has 0 aromatic carbocycles. The molecule has 1 saturated heterocycles. The molecule has 0 aromatic rings. The van der Waals surface area contributed by atoms with Gasteiger partial charge in [0.2, 0.25) is 5.91 Å². The third-order valence-corrected chi connectivity index (χ3v) is 3.94. The van der Waals surface area contributed by atoms with Gasteiger partial charge in [0.1, 0.15) is 5.71 Å². The normalized spacial score (nSPS) is 27.3. The van der Waals surface area contributed by atoms with Crippen LogP contribution >= 0.6 is 0 Å². The molecule has 2 aliphatic rings. The minimum atomic E-state index is -0.802. The molecule has 20 heavy (non-hydrogen) atoms. The van der Waals surface area contributed by atoms with E-state index in [9.17, 15) is 14.4 Å². The molecule has 110 valence electrons. The minimum Gasteiger partial charge on any atom is -0.481 e. The summed E-state index contributed by atoms with van der Waals surface area (Å²) in [4.78, 5) is 36.4. The molecule has 2 atom stereocenters. The van der Waals surface area contributed by atoms with Crippen molar-refractivity contribution < 1.29 is 19.5 Å². The van der Waals surface area contributed by atoms with Gasteiger partial charge in [-0.3, -0.25) is 14.4 Å². The summed E-state index contributed by atoms with van der Waals surface area (Å²) in [5, 5.41) is 14.2. The van der Waals surface area contributed by atoms with Gasteiger partial charge in [0, 0.05) is 32.5 Å². The van der Waals surface area contributed by atoms with Crippen LogP contribution in [0, 0.1) is 5.92 Å². The molecule has 2 unspecified atom stereocenters. The van der Waals surface area contributed by atoms with E-state index in [2.05, 4.69) is 5.10 Å². The van der Waals surface area contributed by atoms with Gasteiger partial charge < -0.3 is 10.0 Å². The zero-order valence-electron chi connectivity index (χ0n) is 11.7. The third kappa shape index (κ3) is 2.81. The van der Waals surface area contributed by atoms with Crippen molar-refractivity contribution in [2.75, 3.05) is 13.6 Å². The van der Waals surface area contributed by atoms with Crippen molar-refractivity contribution in [2.24, 2.45) is 11.0 Å². The number of rotatable bonds is 2. The molecule has 2 amide bonds. The lowest BCUT2D eigenvalue weighted by Crippen LogP contribution is -2.49. The summed E-state index contributed by atoms with van der Waals surface area (Å²) in [6, 6.07) is -0.122. The van der Waals surface area contributed by atoms with Gasteiger partial charge in [-0.2, -0.15) is 5.10 Å². The van der Waals surface area contributed by atoms with Gasteiger partial charge in [0.15, 0.2) is 0 Å². The molecule has 2 aliphatic heterocycles. The van der Waals surface area contributed by atoms with Crippen molar-refractivity contribution in [1.82, 2.24) is 9.91 Å². The highest BCUT2D eigenvalue weighted by Gasteiger charge is 2.34. The first-order chi connectivity index (χ1) is 9.40. The number of carbonyl (C=O) groups excluding carboxylic acids is 2. The quantitative estimate of drug-likeness (QED) is 0.788. The van der Waals surface area contributed by atoms with E-state index in [1.165, 1.54) is 12.1 Å². The van der Waals surface area contributed by atoms with E-state index in [1.54, 1.807) is 4.90 Å². The van der Waals surface area contributed by atoms with Gasteiger partial charge in [0.25, 0.3) is 5.91 Å². The molecule has 0 spiro atoms. The number of hydrogen-bond donors (Lipinski definition) is 1. The number of carboxylic acids is 1. The Morgan fingerprint density at radius 2 is 2.05 bits per heavy atom. The topological polar surface area (TPSA) is 90.3 Å². The fourth-order valence-corrected chi connectivity index (χ4v) is 2.69. The van der Waals surface area contributed by atoms with Gasteiger partial charge in [-0.05, 0) is 19.8 Å². The Morgan fingerprint density at radius 3 is 2.60 bits per heavy atom. The molecule has 0 radical (unpaired) electrons. The maximum atomic E-state index is 12.4. The highest BCUT2D eigenvalue weighted by Crippen LogP contribution is 2.24. The highest BCUT2D eigenvalue weighted by atomic mass is 16.4. The number of piperidine rings is 1. The maximum absolute atomic E-state index is 12.4. The lowest BCUT2D eigenvalue weighted by atomic mass is 9.91. The van der Waals surface area contributed by atoms with Crippen LogP contribution in [0.2, 0.25) is 0 Å². The van der Waals surface area contributed by atoms with Gasteiger partial charge >= 0.3 is 5.97 Å². The first kappa shape index (κ1) is 14.5.